The van der Waals surface area contributed by atoms with E-state index in [0.717, 1.165) is 12.1 Å². The number of imidazole rings is 1. The van der Waals surface area contributed by atoms with Gasteiger partial charge in [-0.25, -0.2) is 9.37 Å². The van der Waals surface area contributed by atoms with Crippen molar-refractivity contribution < 1.29 is 19.4 Å². The molecule has 7 N–H and O–H groups in total. The highest BCUT2D eigenvalue weighted by molar-refractivity contribution is 6.00. The molecule has 37 heavy (non-hydrogen) atoms. The molecule has 0 unspecified atom stereocenters. The number of aromatic nitrogens is 3. The van der Waals surface area contributed by atoms with E-state index in [1.165, 1.54) is 18.2 Å². The number of carbonyl (C=O) groups excluding carboxylic acids is 1. The summed E-state index contributed by atoms with van der Waals surface area (Å²) in [4.78, 5) is 24.9. The molecular formula is C27H21FN6O3. The molecule has 0 bridgehead atoms. The van der Waals surface area contributed by atoms with Crippen LogP contribution in [-0.2, 0) is 6.54 Å². The molecule has 1 amide bonds. The predicted octanol–water partition coefficient (Wildman–Crippen LogP) is 4.06. The average molecular weight is 497 g/mol. The fraction of sp³-hybridized carbons (Fsp3) is 0.0370. The maximum atomic E-state index is 14.1. The summed E-state index contributed by atoms with van der Waals surface area (Å²) < 4.78 is 14.1. The number of pyridine rings is 1. The van der Waals surface area contributed by atoms with Crippen LogP contribution in [0.15, 0.2) is 72.9 Å². The van der Waals surface area contributed by atoms with Gasteiger partial charge in [-0.3, -0.25) is 15.2 Å². The largest absolute Gasteiger partial charge is 0.507 e. The number of aromatic hydroxyl groups is 2. The molecule has 5 aromatic rings. The molecule has 0 spiro atoms. The molecule has 0 saturated carbocycles. The fourth-order valence-corrected chi connectivity index (χ4v) is 3.96. The summed E-state index contributed by atoms with van der Waals surface area (Å²) in [5.41, 5.74) is 8.18. The molecule has 0 aliphatic heterocycles. The number of nitrogens with zero attached hydrogens (tertiary/aromatic N) is 2. The standard InChI is InChI=1S/C27H21FN6O3/c28-16-5-7-23(35)18(12-16)19-9-15(27(37)32-13-17-3-1-2-8-31-17)10-20(24(19)36)26-33-21-6-4-14(25(29)30)11-22(21)34-26/h1-12,35-36H,13H2,(H3,29,30)(H,32,37)(H,33,34). The number of nitrogens with one attached hydrogen (secondary N) is 3. The Hall–Kier alpha value is -5.25. The Balaban J connectivity index is 1.63. The van der Waals surface area contributed by atoms with Gasteiger partial charge in [0.05, 0.1) is 28.8 Å². The average Bonchev–Trinajstić information content (AvgIpc) is 3.32. The number of nitrogens with two attached hydrogens (primary N) is 1. The SMILES string of the molecule is N=C(N)c1ccc2nc(-c3cc(C(=O)NCc4ccccn4)cc(-c4cc(F)ccc4O)c3O)[nH]c2c1. The number of aromatic amines is 1. The number of nitrogen functional groups attached to an aromatic ring is 1. The van der Waals surface area contributed by atoms with Gasteiger partial charge >= 0.3 is 0 Å². The van der Waals surface area contributed by atoms with Gasteiger partial charge in [-0.15, -0.1) is 0 Å². The molecule has 0 aliphatic rings. The van der Waals surface area contributed by atoms with E-state index in [0.29, 0.717) is 22.3 Å². The van der Waals surface area contributed by atoms with Crippen molar-refractivity contribution in [1.29, 1.82) is 5.41 Å². The minimum Gasteiger partial charge on any atom is -0.507 e. The highest BCUT2D eigenvalue weighted by Gasteiger charge is 2.21. The van der Waals surface area contributed by atoms with E-state index < -0.39 is 11.7 Å². The topological polar surface area (TPSA) is 161 Å². The number of halogens is 1. The van der Waals surface area contributed by atoms with Crippen molar-refractivity contribution in [3.63, 3.8) is 0 Å². The molecule has 10 heteroatoms. The first-order chi connectivity index (χ1) is 17.8. The molecule has 184 valence electrons. The summed E-state index contributed by atoms with van der Waals surface area (Å²) >= 11 is 0. The van der Waals surface area contributed by atoms with Crippen LogP contribution in [0.5, 0.6) is 11.5 Å². The van der Waals surface area contributed by atoms with Gasteiger partial charge in [0.1, 0.15) is 29.0 Å². The number of amides is 1. The van der Waals surface area contributed by atoms with Crippen LogP contribution in [-0.4, -0.2) is 36.9 Å². The van der Waals surface area contributed by atoms with Crippen LogP contribution in [0.4, 0.5) is 4.39 Å². The maximum Gasteiger partial charge on any atom is 0.251 e. The number of hydrogen-bond donors (Lipinski definition) is 6. The molecule has 2 aromatic heterocycles. The molecule has 2 heterocycles. The molecule has 0 saturated heterocycles. The molecule has 0 fully saturated rings. The smallest absolute Gasteiger partial charge is 0.251 e. The fourth-order valence-electron chi connectivity index (χ4n) is 3.96. The predicted molar refractivity (Wildman–Crippen MR) is 137 cm³/mol. The van der Waals surface area contributed by atoms with Gasteiger partial charge in [-0.1, -0.05) is 6.07 Å². The maximum absolute atomic E-state index is 14.1. The van der Waals surface area contributed by atoms with E-state index in [4.69, 9.17) is 11.1 Å². The van der Waals surface area contributed by atoms with Crippen molar-refractivity contribution in [1.82, 2.24) is 20.3 Å². The van der Waals surface area contributed by atoms with E-state index in [1.807, 2.05) is 0 Å². The van der Waals surface area contributed by atoms with Gasteiger partial charge in [-0.2, -0.15) is 0 Å². The third-order valence-corrected chi connectivity index (χ3v) is 5.83. The van der Waals surface area contributed by atoms with E-state index in [9.17, 15) is 19.4 Å². The van der Waals surface area contributed by atoms with Crippen molar-refractivity contribution in [2.75, 3.05) is 0 Å². The first-order valence-corrected chi connectivity index (χ1v) is 11.2. The van der Waals surface area contributed by atoms with Crippen LogP contribution in [0, 0.1) is 11.2 Å². The number of benzene rings is 3. The molecule has 0 atom stereocenters. The quantitative estimate of drug-likeness (QED) is 0.153. The molecule has 0 aliphatic carbocycles. The summed E-state index contributed by atoms with van der Waals surface area (Å²) in [6.07, 6.45) is 1.62. The second-order valence-corrected chi connectivity index (χ2v) is 8.32. The van der Waals surface area contributed by atoms with E-state index in [-0.39, 0.29) is 52.0 Å². The third kappa shape index (κ3) is 4.67. The van der Waals surface area contributed by atoms with Gasteiger partial charge in [0.25, 0.3) is 5.91 Å². The number of fused-ring (bicyclic) bond motifs is 1. The second-order valence-electron chi connectivity index (χ2n) is 8.32. The number of hydrogen-bond acceptors (Lipinski definition) is 6. The van der Waals surface area contributed by atoms with Crippen LogP contribution in [0.1, 0.15) is 21.6 Å². The van der Waals surface area contributed by atoms with Crippen LogP contribution in [0.2, 0.25) is 0 Å². The van der Waals surface area contributed by atoms with Gasteiger partial charge < -0.3 is 26.2 Å². The van der Waals surface area contributed by atoms with Crippen molar-refractivity contribution in [2.24, 2.45) is 5.73 Å². The van der Waals surface area contributed by atoms with Gasteiger partial charge in [0, 0.05) is 28.5 Å². The van der Waals surface area contributed by atoms with Crippen LogP contribution in [0.25, 0.3) is 33.5 Å². The minimum atomic E-state index is -0.626. The Morgan fingerprint density at radius 3 is 2.57 bits per heavy atom. The normalized spacial score (nSPS) is 10.9. The lowest BCUT2D eigenvalue weighted by Gasteiger charge is -2.14. The van der Waals surface area contributed by atoms with Gasteiger partial charge in [0.15, 0.2) is 0 Å². The summed E-state index contributed by atoms with van der Waals surface area (Å²) in [7, 11) is 0. The first kappa shape index (κ1) is 23.5. The zero-order chi connectivity index (χ0) is 26.1. The Kier molecular flexibility index (Phi) is 5.98. The lowest BCUT2D eigenvalue weighted by Crippen LogP contribution is -2.23. The van der Waals surface area contributed by atoms with E-state index in [1.54, 1.807) is 42.6 Å². The van der Waals surface area contributed by atoms with Crippen molar-refractivity contribution in [2.45, 2.75) is 6.54 Å². The van der Waals surface area contributed by atoms with Crippen LogP contribution in [0.3, 0.4) is 0 Å². The third-order valence-electron chi connectivity index (χ3n) is 5.83. The number of amidine groups is 1. The number of rotatable bonds is 6. The van der Waals surface area contributed by atoms with Crippen LogP contribution >= 0.6 is 0 Å². The zero-order valence-corrected chi connectivity index (χ0v) is 19.3. The Morgan fingerprint density at radius 1 is 1.00 bits per heavy atom. The Morgan fingerprint density at radius 2 is 1.81 bits per heavy atom. The van der Waals surface area contributed by atoms with Gasteiger partial charge in [0.2, 0.25) is 0 Å². The van der Waals surface area contributed by atoms with E-state index in [2.05, 4.69) is 20.3 Å². The number of phenolic OH excluding ortho intramolecular Hbond substituents is 2. The van der Waals surface area contributed by atoms with E-state index >= 15 is 0 Å². The Bertz CT molecular complexity index is 1670. The second kappa shape index (κ2) is 9.42. The molecule has 9 nitrogen and oxygen atoms in total. The molecule has 5 rings (SSSR count). The Labute approximate surface area is 210 Å². The summed E-state index contributed by atoms with van der Waals surface area (Å²) in [6, 6.07) is 16.5. The van der Waals surface area contributed by atoms with Crippen molar-refractivity contribution in [3.05, 3.63) is 95.6 Å². The molecular weight excluding hydrogens is 475 g/mol. The minimum absolute atomic E-state index is 0.00750. The lowest BCUT2D eigenvalue weighted by atomic mass is 9.96. The zero-order valence-electron chi connectivity index (χ0n) is 19.3. The highest BCUT2D eigenvalue weighted by Crippen LogP contribution is 2.42. The summed E-state index contributed by atoms with van der Waals surface area (Å²) in [5.74, 6) is -1.57. The first-order valence-electron chi connectivity index (χ1n) is 11.2. The summed E-state index contributed by atoms with van der Waals surface area (Å²) in [6.45, 7) is 0.162. The number of H-pyrrole nitrogens is 1. The van der Waals surface area contributed by atoms with Crippen LogP contribution < -0.4 is 11.1 Å². The van der Waals surface area contributed by atoms with Crippen molar-refractivity contribution in [3.8, 4) is 34.0 Å². The summed E-state index contributed by atoms with van der Waals surface area (Å²) in [5, 5.41) is 32.0. The van der Waals surface area contributed by atoms with Crippen molar-refractivity contribution >= 4 is 22.8 Å². The number of phenols is 2. The highest BCUT2D eigenvalue weighted by atomic mass is 19.1. The monoisotopic (exact) mass is 496 g/mol. The lowest BCUT2D eigenvalue weighted by molar-refractivity contribution is 0.0950. The number of carbonyl (C=O) groups is 1. The van der Waals surface area contributed by atoms with Gasteiger partial charge in [-0.05, 0) is 60.7 Å². The molecule has 3 aromatic carbocycles. The molecule has 0 radical (unpaired) electrons.